The van der Waals surface area contributed by atoms with Gasteiger partial charge < -0.3 is 24.8 Å². The predicted octanol–water partition coefficient (Wildman–Crippen LogP) is 5.44. The van der Waals surface area contributed by atoms with Crippen molar-refractivity contribution in [2.75, 3.05) is 0 Å². The smallest absolute Gasteiger partial charge is 1.00 e. The van der Waals surface area contributed by atoms with E-state index in [9.17, 15) is 0 Å². The third-order valence-corrected chi connectivity index (χ3v) is 32.7. The van der Waals surface area contributed by atoms with Gasteiger partial charge in [-0.05, 0) is 0 Å². The molecule has 0 amide bonds. The number of fused-ring (bicyclic) bond motifs is 2. The van der Waals surface area contributed by atoms with E-state index in [1.54, 1.807) is 22.3 Å². The van der Waals surface area contributed by atoms with Crippen LogP contribution < -0.4 is 24.8 Å². The number of halogens is 2. The molecule has 2 atom stereocenters. The molecule has 2 unspecified atom stereocenters. The van der Waals surface area contributed by atoms with Crippen molar-refractivity contribution in [2.24, 2.45) is 0 Å². The van der Waals surface area contributed by atoms with Crippen LogP contribution in [0.25, 0.3) is 34.4 Å². The largest absolute Gasteiger partial charge is 1.00 e. The van der Waals surface area contributed by atoms with Crippen LogP contribution >= 0.6 is 0 Å². The van der Waals surface area contributed by atoms with Gasteiger partial charge in [-0.25, -0.2) is 0 Å². The van der Waals surface area contributed by atoms with Crippen molar-refractivity contribution in [1.29, 1.82) is 0 Å². The van der Waals surface area contributed by atoms with Gasteiger partial charge in [0, 0.05) is 0 Å². The second kappa shape index (κ2) is 12.4. The maximum absolute atomic E-state index is 2.95. The maximum atomic E-state index is 2.63. The number of aryl methyl sites for hydroxylation is 2. The van der Waals surface area contributed by atoms with E-state index < -0.39 is 20.0 Å². The fourth-order valence-corrected chi connectivity index (χ4v) is 31.4. The van der Waals surface area contributed by atoms with Gasteiger partial charge >= 0.3 is 246 Å². The fourth-order valence-electron chi connectivity index (χ4n) is 8.20. The second-order valence-corrected chi connectivity index (χ2v) is 29.0. The van der Waals surface area contributed by atoms with Crippen LogP contribution in [0.5, 0.6) is 0 Å². The van der Waals surface area contributed by atoms with Gasteiger partial charge in [-0.2, -0.15) is 0 Å². The number of rotatable bonds is 6. The van der Waals surface area contributed by atoms with Crippen LogP contribution in [0.15, 0.2) is 96.1 Å². The van der Waals surface area contributed by atoms with E-state index in [1.807, 2.05) is 0 Å². The van der Waals surface area contributed by atoms with Crippen molar-refractivity contribution in [3.05, 3.63) is 129 Å². The van der Waals surface area contributed by atoms with Crippen LogP contribution in [0.1, 0.15) is 73.8 Å². The van der Waals surface area contributed by atoms with Crippen molar-refractivity contribution in [3.63, 3.8) is 0 Å². The Bertz CT molecular complexity index is 1540. The molecule has 214 valence electrons. The number of benzene rings is 4. The molecular weight excluding hydrogens is 718 g/mol. The van der Waals surface area contributed by atoms with E-state index in [1.165, 1.54) is 72.1 Å². The third kappa shape index (κ3) is 4.94. The molecule has 0 nitrogen and oxygen atoms in total. The molecule has 2 aliphatic carbocycles. The zero-order valence-electron chi connectivity index (χ0n) is 25.2. The minimum atomic E-state index is -2.95. The molecule has 1 saturated heterocycles. The van der Waals surface area contributed by atoms with E-state index in [4.69, 9.17) is 0 Å². The minimum Gasteiger partial charge on any atom is -1.00 e. The molecule has 3 aliphatic rings. The summed E-state index contributed by atoms with van der Waals surface area (Å²) in [5, 5.41) is 0. The standard InChI is InChI=1S/2C18H17.C3H6.2ClH.Hf/c2*1-3-14-11-16-5-4-6-17(18(16)12-14)15-9-7-13(2)8-10-15;1-3-2;;;/h2*4-12H,3H2,1-2H3;1-3H2;2*1H;/q;;;;;+2/p-2. The number of allylic oxidation sites excluding steroid dienone is 2. The summed E-state index contributed by atoms with van der Waals surface area (Å²) in [5.41, 5.74) is 18.0. The molecule has 3 heteroatoms. The SMILES string of the molecule is CCC1=Cc2c(-c3ccc(C)cc3)cccc2[CH]1[Hf+2]1([CH]2C(CC)=Cc3c(-c4ccc(C)cc4)cccc32)[CH2]C[CH2]1.[Cl-].[Cl-]. The zero-order chi connectivity index (χ0) is 27.4. The monoisotopic (exact) mass is 758 g/mol. The molecule has 1 heterocycles. The Hall–Kier alpha value is -2.19. The Labute approximate surface area is 269 Å². The fraction of sp³-hybridized carbons (Fsp3) is 0.282. The van der Waals surface area contributed by atoms with Crippen molar-refractivity contribution >= 4 is 12.2 Å². The summed E-state index contributed by atoms with van der Waals surface area (Å²) < 4.78 is 4.47. The average molecular weight is 758 g/mol. The van der Waals surface area contributed by atoms with Gasteiger partial charge in [0.15, 0.2) is 0 Å². The van der Waals surface area contributed by atoms with Gasteiger partial charge in [0.05, 0.1) is 0 Å². The quantitative estimate of drug-likeness (QED) is 0.230. The molecule has 1 aliphatic heterocycles. The van der Waals surface area contributed by atoms with Crippen molar-refractivity contribution in [2.45, 2.75) is 62.7 Å². The summed E-state index contributed by atoms with van der Waals surface area (Å²) in [6.45, 7) is 9.18. The molecule has 0 saturated carbocycles. The summed E-state index contributed by atoms with van der Waals surface area (Å²) in [7, 11) is 0. The van der Waals surface area contributed by atoms with Gasteiger partial charge in [0.1, 0.15) is 0 Å². The molecule has 4 aromatic rings. The van der Waals surface area contributed by atoms with Crippen LogP contribution in [0, 0.1) is 13.8 Å². The summed E-state index contributed by atoms with van der Waals surface area (Å²) in [5.74, 6) is 0. The van der Waals surface area contributed by atoms with E-state index in [0.29, 0.717) is 7.35 Å². The van der Waals surface area contributed by atoms with E-state index in [2.05, 4.69) is 125 Å². The minimum absolute atomic E-state index is 0. The molecule has 0 spiro atoms. The zero-order valence-corrected chi connectivity index (χ0v) is 30.3. The Morgan fingerprint density at radius 2 is 0.976 bits per heavy atom. The first-order chi connectivity index (χ1) is 19.5. The Morgan fingerprint density at radius 1 is 0.571 bits per heavy atom. The first-order valence-corrected chi connectivity index (χ1v) is 24.6. The van der Waals surface area contributed by atoms with Gasteiger partial charge in [0.2, 0.25) is 0 Å². The molecule has 4 aromatic carbocycles. The van der Waals surface area contributed by atoms with Gasteiger partial charge in [-0.3, -0.25) is 0 Å². The van der Waals surface area contributed by atoms with Gasteiger partial charge in [0.25, 0.3) is 0 Å². The first-order valence-electron chi connectivity index (χ1n) is 15.3. The Kier molecular flexibility index (Phi) is 9.25. The average Bonchev–Trinajstić information content (AvgIpc) is 3.53. The Balaban J connectivity index is 0.00000176. The number of hydrogen-bond donors (Lipinski definition) is 0. The van der Waals surface area contributed by atoms with Gasteiger partial charge in [-0.1, -0.05) is 0 Å². The van der Waals surface area contributed by atoms with E-state index >= 15 is 0 Å². The summed E-state index contributed by atoms with van der Waals surface area (Å²) in [4.78, 5) is 0. The summed E-state index contributed by atoms with van der Waals surface area (Å²) in [6.07, 6.45) is 9.03. The van der Waals surface area contributed by atoms with Crippen LogP contribution in [0.4, 0.5) is 0 Å². The normalized spacial score (nSPS) is 18.7. The molecule has 0 aromatic heterocycles. The van der Waals surface area contributed by atoms with Crippen molar-refractivity contribution < 1.29 is 44.8 Å². The molecule has 7 rings (SSSR count). The predicted molar refractivity (Wildman–Crippen MR) is 169 cm³/mol. The Morgan fingerprint density at radius 3 is 1.31 bits per heavy atom. The third-order valence-electron chi connectivity index (χ3n) is 10.3. The molecular formula is C39H40Cl2Hf. The van der Waals surface area contributed by atoms with Crippen LogP contribution in [0.3, 0.4) is 0 Å². The van der Waals surface area contributed by atoms with E-state index in [-0.39, 0.29) is 24.8 Å². The van der Waals surface area contributed by atoms with Crippen molar-refractivity contribution in [1.82, 2.24) is 0 Å². The summed E-state index contributed by atoms with van der Waals surface area (Å²) in [6, 6.07) is 32.7. The number of hydrogen-bond acceptors (Lipinski definition) is 0. The molecule has 42 heavy (non-hydrogen) atoms. The maximum Gasteiger partial charge on any atom is -1.00 e. The van der Waals surface area contributed by atoms with Crippen LogP contribution in [-0.4, -0.2) is 0 Å². The van der Waals surface area contributed by atoms with Crippen LogP contribution in [-0.2, 0) is 20.0 Å². The summed E-state index contributed by atoms with van der Waals surface area (Å²) >= 11 is -2.95. The molecule has 1 fully saturated rings. The second-order valence-electron chi connectivity index (χ2n) is 12.4. The van der Waals surface area contributed by atoms with E-state index in [0.717, 1.165) is 0 Å². The first kappa shape index (κ1) is 31.2. The van der Waals surface area contributed by atoms with Crippen molar-refractivity contribution in [3.8, 4) is 22.3 Å². The topological polar surface area (TPSA) is 0 Å². The van der Waals surface area contributed by atoms with Crippen LogP contribution in [0.2, 0.25) is 8.35 Å². The molecule has 0 radical (unpaired) electrons. The molecule has 0 bridgehead atoms. The van der Waals surface area contributed by atoms with Gasteiger partial charge in [-0.15, -0.1) is 0 Å². The molecule has 0 N–H and O–H groups in total.